The van der Waals surface area contributed by atoms with Crippen LogP contribution in [0.3, 0.4) is 0 Å². The number of aliphatic hydroxyl groups is 1. The number of pyridine rings is 1. The molecule has 0 radical (unpaired) electrons. The Bertz CT molecular complexity index is 433. The molecule has 2 rings (SSSR count). The maximum Gasteiger partial charge on any atom is 0.141 e. The zero-order chi connectivity index (χ0) is 13.7. The van der Waals surface area contributed by atoms with Crippen molar-refractivity contribution < 1.29 is 5.11 Å². The molecule has 1 unspecified atom stereocenters. The van der Waals surface area contributed by atoms with Crippen molar-refractivity contribution in [2.24, 2.45) is 11.7 Å². The molecule has 1 aliphatic heterocycles. The second kappa shape index (κ2) is 6.63. The van der Waals surface area contributed by atoms with Crippen molar-refractivity contribution in [1.29, 1.82) is 5.41 Å². The van der Waals surface area contributed by atoms with E-state index in [1.54, 1.807) is 6.20 Å². The van der Waals surface area contributed by atoms with Crippen LogP contribution in [0.25, 0.3) is 0 Å². The summed E-state index contributed by atoms with van der Waals surface area (Å²) >= 11 is 0. The van der Waals surface area contributed by atoms with Crippen LogP contribution < -0.4 is 5.73 Å². The fourth-order valence-corrected chi connectivity index (χ4v) is 2.69. The zero-order valence-electron chi connectivity index (χ0n) is 11.2. The van der Waals surface area contributed by atoms with E-state index < -0.39 is 0 Å². The highest BCUT2D eigenvalue weighted by Gasteiger charge is 2.19. The second-order valence-electron chi connectivity index (χ2n) is 5.22. The van der Waals surface area contributed by atoms with Gasteiger partial charge < -0.3 is 10.8 Å². The van der Waals surface area contributed by atoms with E-state index in [0.29, 0.717) is 11.6 Å². The summed E-state index contributed by atoms with van der Waals surface area (Å²) in [7, 11) is 0. The van der Waals surface area contributed by atoms with Crippen molar-refractivity contribution in [3.05, 3.63) is 29.6 Å². The Kier molecular flexibility index (Phi) is 4.87. The molecule has 0 saturated carbocycles. The van der Waals surface area contributed by atoms with E-state index in [9.17, 15) is 0 Å². The van der Waals surface area contributed by atoms with Crippen molar-refractivity contribution >= 4 is 5.84 Å². The lowest BCUT2D eigenvalue weighted by molar-refractivity contribution is 0.142. The van der Waals surface area contributed by atoms with Crippen molar-refractivity contribution in [1.82, 2.24) is 9.88 Å². The largest absolute Gasteiger partial charge is 0.396 e. The quantitative estimate of drug-likeness (QED) is 0.545. The minimum absolute atomic E-state index is 0.0126. The first-order chi connectivity index (χ1) is 9.19. The van der Waals surface area contributed by atoms with Crippen LogP contribution in [0, 0.1) is 11.3 Å². The van der Waals surface area contributed by atoms with Crippen LogP contribution in [0.2, 0.25) is 0 Å². The van der Waals surface area contributed by atoms with Gasteiger partial charge >= 0.3 is 0 Å². The topological polar surface area (TPSA) is 86.2 Å². The molecule has 0 amide bonds. The molecule has 1 aromatic rings. The fraction of sp³-hybridized carbons (Fsp3) is 0.571. The zero-order valence-corrected chi connectivity index (χ0v) is 11.2. The van der Waals surface area contributed by atoms with Gasteiger partial charge in [-0.05, 0) is 49.4 Å². The third-order valence-electron chi connectivity index (χ3n) is 3.65. The van der Waals surface area contributed by atoms with E-state index in [0.717, 1.165) is 31.6 Å². The van der Waals surface area contributed by atoms with E-state index in [-0.39, 0.29) is 12.4 Å². The highest BCUT2D eigenvalue weighted by atomic mass is 16.3. The standard InChI is InChI=1S/C14H22N4O/c15-14(16)13-8-12(3-5-17-13)10-18-6-1-2-11(9-18)4-7-19/h3,5,8,11,19H,1-2,4,6-7,9-10H2,(H3,15,16). The molecule has 1 fully saturated rings. The van der Waals surface area contributed by atoms with Gasteiger partial charge in [0.2, 0.25) is 0 Å². The molecule has 0 aromatic carbocycles. The Morgan fingerprint density at radius 3 is 3.16 bits per heavy atom. The second-order valence-corrected chi connectivity index (χ2v) is 5.22. The third kappa shape index (κ3) is 4.01. The summed E-state index contributed by atoms with van der Waals surface area (Å²) in [5.41, 5.74) is 7.14. The maximum atomic E-state index is 9.03. The van der Waals surface area contributed by atoms with E-state index in [4.69, 9.17) is 16.2 Å². The number of nitrogens with one attached hydrogen (secondary N) is 1. The number of hydrogen-bond acceptors (Lipinski definition) is 4. The molecule has 104 valence electrons. The van der Waals surface area contributed by atoms with Crippen LogP contribution in [-0.2, 0) is 6.54 Å². The lowest BCUT2D eigenvalue weighted by atomic mass is 9.95. The number of nitrogen functional groups attached to an aromatic ring is 1. The Morgan fingerprint density at radius 2 is 2.42 bits per heavy atom. The maximum absolute atomic E-state index is 9.03. The van der Waals surface area contributed by atoms with Crippen molar-refractivity contribution in [2.45, 2.75) is 25.8 Å². The van der Waals surface area contributed by atoms with Crippen LogP contribution in [0.5, 0.6) is 0 Å². The molecule has 0 aliphatic carbocycles. The summed E-state index contributed by atoms with van der Waals surface area (Å²) in [5, 5.41) is 16.4. The van der Waals surface area contributed by atoms with Crippen molar-refractivity contribution in [2.75, 3.05) is 19.7 Å². The number of likely N-dealkylation sites (tertiary alicyclic amines) is 1. The average Bonchev–Trinajstić information content (AvgIpc) is 2.40. The Balaban J connectivity index is 1.96. The van der Waals surface area contributed by atoms with Crippen LogP contribution in [0.15, 0.2) is 18.3 Å². The van der Waals surface area contributed by atoms with Gasteiger partial charge in [-0.2, -0.15) is 0 Å². The molecular weight excluding hydrogens is 240 g/mol. The molecule has 1 aliphatic rings. The molecule has 1 saturated heterocycles. The first-order valence-electron chi connectivity index (χ1n) is 6.81. The van der Waals surface area contributed by atoms with Gasteiger partial charge in [-0.15, -0.1) is 0 Å². The number of piperidine rings is 1. The van der Waals surface area contributed by atoms with Gasteiger partial charge in [0.15, 0.2) is 0 Å². The number of aromatic nitrogens is 1. The van der Waals surface area contributed by atoms with Gasteiger partial charge in [-0.25, -0.2) is 0 Å². The Labute approximate surface area is 114 Å². The monoisotopic (exact) mass is 262 g/mol. The van der Waals surface area contributed by atoms with E-state index in [1.807, 2.05) is 12.1 Å². The predicted octanol–water partition coefficient (Wildman–Crippen LogP) is 0.960. The first-order valence-corrected chi connectivity index (χ1v) is 6.81. The Morgan fingerprint density at radius 1 is 1.58 bits per heavy atom. The minimum Gasteiger partial charge on any atom is -0.396 e. The van der Waals surface area contributed by atoms with Gasteiger partial charge in [0, 0.05) is 25.9 Å². The summed E-state index contributed by atoms with van der Waals surface area (Å²) in [6.07, 6.45) is 5.01. The van der Waals surface area contributed by atoms with Crippen molar-refractivity contribution in [3.63, 3.8) is 0 Å². The van der Waals surface area contributed by atoms with Gasteiger partial charge in [-0.1, -0.05) is 0 Å². The number of nitrogens with zero attached hydrogens (tertiary/aromatic N) is 2. The smallest absolute Gasteiger partial charge is 0.141 e. The van der Waals surface area contributed by atoms with Gasteiger partial charge in [0.05, 0.1) is 0 Å². The van der Waals surface area contributed by atoms with Crippen LogP contribution in [0.4, 0.5) is 0 Å². The summed E-state index contributed by atoms with van der Waals surface area (Å²) in [6.45, 7) is 3.28. The summed E-state index contributed by atoms with van der Waals surface area (Å²) in [5.74, 6) is 0.617. The fourth-order valence-electron chi connectivity index (χ4n) is 2.69. The third-order valence-corrected chi connectivity index (χ3v) is 3.65. The molecule has 2 heterocycles. The number of nitrogens with two attached hydrogens (primary N) is 1. The van der Waals surface area contributed by atoms with Crippen LogP contribution in [-0.4, -0.2) is 40.5 Å². The lowest BCUT2D eigenvalue weighted by Crippen LogP contribution is -2.35. The molecule has 1 aromatic heterocycles. The van der Waals surface area contributed by atoms with Gasteiger partial charge in [-0.3, -0.25) is 15.3 Å². The molecule has 4 N–H and O–H groups in total. The SMILES string of the molecule is N=C(N)c1cc(CN2CCCC(CCO)C2)ccn1. The van der Waals surface area contributed by atoms with Gasteiger partial charge in [0.1, 0.15) is 11.5 Å². The molecule has 5 heteroatoms. The van der Waals surface area contributed by atoms with Crippen LogP contribution >= 0.6 is 0 Å². The van der Waals surface area contributed by atoms with Crippen molar-refractivity contribution in [3.8, 4) is 0 Å². The van der Waals surface area contributed by atoms with Crippen LogP contribution in [0.1, 0.15) is 30.5 Å². The summed E-state index contributed by atoms with van der Waals surface area (Å²) in [6, 6.07) is 3.86. The average molecular weight is 262 g/mol. The molecule has 0 spiro atoms. The van der Waals surface area contributed by atoms with E-state index in [2.05, 4.69) is 9.88 Å². The highest BCUT2D eigenvalue weighted by molar-refractivity contribution is 5.93. The molecule has 19 heavy (non-hydrogen) atoms. The molecule has 5 nitrogen and oxygen atoms in total. The summed E-state index contributed by atoms with van der Waals surface area (Å²) in [4.78, 5) is 6.48. The van der Waals surface area contributed by atoms with E-state index in [1.165, 1.54) is 12.8 Å². The predicted molar refractivity (Wildman–Crippen MR) is 75.0 cm³/mol. The number of amidine groups is 1. The Hall–Kier alpha value is -1.46. The van der Waals surface area contributed by atoms with Gasteiger partial charge in [0.25, 0.3) is 0 Å². The van der Waals surface area contributed by atoms with E-state index >= 15 is 0 Å². The minimum atomic E-state index is 0.0126. The normalized spacial score (nSPS) is 20.4. The molecule has 1 atom stereocenters. The highest BCUT2D eigenvalue weighted by Crippen LogP contribution is 2.20. The first kappa shape index (κ1) is 14.0. The number of rotatable bonds is 5. The number of aliphatic hydroxyl groups excluding tert-OH is 1. The molecule has 0 bridgehead atoms. The summed E-state index contributed by atoms with van der Waals surface area (Å²) < 4.78 is 0. The number of hydrogen-bond donors (Lipinski definition) is 3. The lowest BCUT2D eigenvalue weighted by Gasteiger charge is -2.32. The molecular formula is C14H22N4O.